The molecule has 4 rings (SSSR count). The maximum absolute atomic E-state index is 13.9. The van der Waals surface area contributed by atoms with E-state index < -0.39 is 16.2 Å². The Bertz CT molecular complexity index is 1200. The quantitative estimate of drug-likeness (QED) is 0.538. The van der Waals surface area contributed by atoms with Gasteiger partial charge in [0.2, 0.25) is 0 Å². The molecular weight excluding hydrogens is 388 g/mol. The largest absolute Gasteiger partial charge is 0.425 e. The molecule has 1 aromatic carbocycles. The van der Waals surface area contributed by atoms with Crippen molar-refractivity contribution in [1.29, 1.82) is 10.5 Å². The molecule has 0 saturated heterocycles. The first-order valence-corrected chi connectivity index (χ1v) is 10.6. The predicted molar refractivity (Wildman–Crippen MR) is 114 cm³/mol. The maximum atomic E-state index is 13.9. The van der Waals surface area contributed by atoms with E-state index in [9.17, 15) is 15.3 Å². The van der Waals surface area contributed by atoms with Gasteiger partial charge < -0.3 is 4.74 Å². The molecule has 0 aliphatic heterocycles. The normalized spacial score (nSPS) is 25.1. The number of rotatable bonds is 3. The highest BCUT2D eigenvalue weighted by molar-refractivity contribution is 5.89. The zero-order chi connectivity index (χ0) is 22.8. The van der Waals surface area contributed by atoms with Crippen LogP contribution in [0.3, 0.4) is 0 Å². The number of nitrogens with zero attached hydrogens (tertiary/aromatic N) is 4. The fraction of sp³-hybridized carbons (Fsp3) is 0.480. The van der Waals surface area contributed by atoms with Gasteiger partial charge in [-0.15, -0.1) is 0 Å². The van der Waals surface area contributed by atoms with E-state index in [1.54, 1.807) is 0 Å². The van der Waals surface area contributed by atoms with Gasteiger partial charge >= 0.3 is 5.97 Å². The molecule has 1 fully saturated rings. The molecule has 6 nitrogen and oxygen atoms in total. The number of benzene rings is 1. The van der Waals surface area contributed by atoms with Crippen LogP contribution in [0.4, 0.5) is 0 Å². The first-order valence-electron chi connectivity index (χ1n) is 10.6. The summed E-state index contributed by atoms with van der Waals surface area (Å²) in [6.07, 6.45) is 1.30. The van der Waals surface area contributed by atoms with Crippen LogP contribution in [0, 0.1) is 35.0 Å². The van der Waals surface area contributed by atoms with E-state index in [1.165, 1.54) is 0 Å². The number of carbonyl (C=O) groups is 1. The molecule has 0 amide bonds. The summed E-state index contributed by atoms with van der Waals surface area (Å²) >= 11 is 0. The molecule has 2 bridgehead atoms. The van der Waals surface area contributed by atoms with E-state index in [0.29, 0.717) is 23.6 Å². The Morgan fingerprint density at radius 3 is 2.26 bits per heavy atom. The lowest BCUT2D eigenvalue weighted by atomic mass is 9.64. The fourth-order valence-electron chi connectivity index (χ4n) is 5.48. The molecule has 1 aromatic heterocycles. The molecule has 158 valence electrons. The summed E-state index contributed by atoms with van der Waals surface area (Å²) in [5.74, 6) is 0.395. The van der Waals surface area contributed by atoms with Crippen molar-refractivity contribution < 1.29 is 9.53 Å². The Balaban J connectivity index is 1.90. The van der Waals surface area contributed by atoms with E-state index >= 15 is 0 Å². The third-order valence-corrected chi connectivity index (χ3v) is 7.82. The van der Waals surface area contributed by atoms with E-state index in [0.717, 1.165) is 17.5 Å². The summed E-state index contributed by atoms with van der Waals surface area (Å²) in [6.45, 7) is 12.3. The summed E-state index contributed by atoms with van der Waals surface area (Å²) in [5.41, 5.74) is 1.07. The van der Waals surface area contributed by atoms with Gasteiger partial charge in [-0.2, -0.15) is 10.5 Å². The van der Waals surface area contributed by atoms with Crippen LogP contribution in [0.2, 0.25) is 0 Å². The van der Waals surface area contributed by atoms with Gasteiger partial charge in [-0.3, -0.25) is 4.79 Å². The number of hydrogen-bond acceptors (Lipinski definition) is 6. The van der Waals surface area contributed by atoms with Crippen LogP contribution in [0.1, 0.15) is 87.3 Å². The number of carbonyl (C=O) groups excluding carboxylic acids is 1. The van der Waals surface area contributed by atoms with Crippen molar-refractivity contribution in [2.45, 2.75) is 71.1 Å². The minimum atomic E-state index is -1.03. The SMILES string of the molecule is Cc1ccc(C(C)C)c(OC(=O)C23CCC(C)(c4nc(C#N)c(C#N)nc42)C3(C)C)c1. The maximum Gasteiger partial charge on any atom is 0.324 e. The molecule has 1 heterocycles. The van der Waals surface area contributed by atoms with Crippen molar-refractivity contribution in [3.8, 4) is 17.9 Å². The molecule has 2 aromatic rings. The smallest absolute Gasteiger partial charge is 0.324 e. The van der Waals surface area contributed by atoms with Crippen molar-refractivity contribution >= 4 is 5.97 Å². The van der Waals surface area contributed by atoms with Crippen LogP contribution in [0.5, 0.6) is 5.75 Å². The molecule has 0 N–H and O–H groups in total. The second kappa shape index (κ2) is 6.62. The van der Waals surface area contributed by atoms with Gasteiger partial charge in [0, 0.05) is 5.41 Å². The Hall–Kier alpha value is -3.25. The highest BCUT2D eigenvalue weighted by Crippen LogP contribution is 2.70. The molecule has 31 heavy (non-hydrogen) atoms. The van der Waals surface area contributed by atoms with Gasteiger partial charge in [0.05, 0.1) is 11.4 Å². The number of fused-ring (bicyclic) bond motifs is 5. The number of aromatic nitrogens is 2. The number of aryl methyl sites for hydroxylation is 1. The van der Waals surface area contributed by atoms with Crippen LogP contribution in [0.15, 0.2) is 18.2 Å². The zero-order valence-electron chi connectivity index (χ0n) is 18.8. The first kappa shape index (κ1) is 21.0. The Kier molecular flexibility index (Phi) is 4.49. The van der Waals surface area contributed by atoms with Gasteiger partial charge in [0.25, 0.3) is 0 Å². The first-order chi connectivity index (χ1) is 14.5. The highest BCUT2D eigenvalue weighted by atomic mass is 16.5. The molecule has 0 radical (unpaired) electrons. The van der Waals surface area contributed by atoms with Crippen LogP contribution < -0.4 is 4.74 Å². The van der Waals surface area contributed by atoms with Crippen molar-refractivity contribution in [1.82, 2.24) is 9.97 Å². The number of hydrogen-bond donors (Lipinski definition) is 0. The lowest BCUT2D eigenvalue weighted by Crippen LogP contribution is -2.48. The van der Waals surface area contributed by atoms with Crippen LogP contribution in [-0.4, -0.2) is 15.9 Å². The monoisotopic (exact) mass is 414 g/mol. The average Bonchev–Trinajstić information content (AvgIpc) is 3.02. The van der Waals surface area contributed by atoms with E-state index in [-0.39, 0.29) is 23.3 Å². The summed E-state index contributed by atoms with van der Waals surface area (Å²) < 4.78 is 6.11. The second-order valence-electron chi connectivity index (χ2n) is 9.79. The van der Waals surface area contributed by atoms with E-state index in [4.69, 9.17) is 4.74 Å². The van der Waals surface area contributed by atoms with E-state index in [2.05, 4.69) is 30.7 Å². The summed E-state index contributed by atoms with van der Waals surface area (Å²) in [6, 6.07) is 9.85. The highest BCUT2D eigenvalue weighted by Gasteiger charge is 2.74. The molecule has 2 aliphatic carbocycles. The summed E-state index contributed by atoms with van der Waals surface area (Å²) in [5, 5.41) is 19.0. The van der Waals surface area contributed by atoms with Gasteiger partial charge in [0.15, 0.2) is 11.4 Å². The predicted octanol–water partition coefficient (Wildman–Crippen LogP) is 4.59. The standard InChI is InChI=1S/C25H26N4O2/c1-14(2)16-8-7-15(3)11-19(16)31-22(30)25-10-9-24(6,23(25,4)5)20-21(25)29-18(13-27)17(12-26)28-20/h7-8,11,14H,9-10H2,1-6H3. The van der Waals surface area contributed by atoms with Crippen molar-refractivity contribution in [3.63, 3.8) is 0 Å². The van der Waals surface area contributed by atoms with Crippen LogP contribution >= 0.6 is 0 Å². The van der Waals surface area contributed by atoms with Gasteiger partial charge in [-0.05, 0) is 48.3 Å². The average molecular weight is 415 g/mol. The summed E-state index contributed by atoms with van der Waals surface area (Å²) in [7, 11) is 0. The molecule has 6 heteroatoms. The molecule has 2 atom stereocenters. The third-order valence-electron chi connectivity index (χ3n) is 7.82. The fourth-order valence-corrected chi connectivity index (χ4v) is 5.48. The number of esters is 1. The molecule has 1 saturated carbocycles. The van der Waals surface area contributed by atoms with Crippen molar-refractivity contribution in [2.24, 2.45) is 5.41 Å². The van der Waals surface area contributed by atoms with Gasteiger partial charge in [0.1, 0.15) is 23.3 Å². The Labute approximate surface area is 182 Å². The van der Waals surface area contributed by atoms with E-state index in [1.807, 2.05) is 51.1 Å². The minimum absolute atomic E-state index is 0.00937. The zero-order valence-corrected chi connectivity index (χ0v) is 18.8. The van der Waals surface area contributed by atoms with Crippen LogP contribution in [-0.2, 0) is 15.6 Å². The van der Waals surface area contributed by atoms with Crippen molar-refractivity contribution in [2.75, 3.05) is 0 Å². The minimum Gasteiger partial charge on any atom is -0.425 e. The Morgan fingerprint density at radius 1 is 1.06 bits per heavy atom. The number of ether oxygens (including phenoxy) is 1. The topological polar surface area (TPSA) is 99.7 Å². The van der Waals surface area contributed by atoms with Gasteiger partial charge in [-0.25, -0.2) is 9.97 Å². The lowest BCUT2D eigenvalue weighted by molar-refractivity contribution is -0.145. The third kappa shape index (κ3) is 2.51. The lowest BCUT2D eigenvalue weighted by Gasteiger charge is -2.38. The second-order valence-corrected chi connectivity index (χ2v) is 9.79. The van der Waals surface area contributed by atoms with Crippen molar-refractivity contribution in [3.05, 3.63) is 52.1 Å². The molecular formula is C25H26N4O2. The summed E-state index contributed by atoms with van der Waals surface area (Å²) in [4.78, 5) is 23.0. The molecule has 2 aliphatic rings. The number of nitriles is 2. The van der Waals surface area contributed by atoms with Crippen LogP contribution in [0.25, 0.3) is 0 Å². The molecule has 0 spiro atoms. The van der Waals surface area contributed by atoms with Gasteiger partial charge in [-0.1, -0.05) is 46.8 Å². The Morgan fingerprint density at radius 2 is 1.68 bits per heavy atom. The molecule has 2 unspecified atom stereocenters.